The van der Waals surface area contributed by atoms with E-state index in [9.17, 15) is 0 Å². The summed E-state index contributed by atoms with van der Waals surface area (Å²) in [4.78, 5) is 14.0. The first kappa shape index (κ1) is 21.6. The van der Waals surface area contributed by atoms with E-state index in [-0.39, 0.29) is 6.10 Å². The number of pyridine rings is 2. The minimum Gasteiger partial charge on any atom is -0.475 e. The van der Waals surface area contributed by atoms with E-state index < -0.39 is 0 Å². The molecule has 1 aliphatic heterocycles. The summed E-state index contributed by atoms with van der Waals surface area (Å²) in [6.07, 6.45) is 6.32. The fraction of sp³-hybridized carbons (Fsp3) is 0.542. The second kappa shape index (κ2) is 9.64. The van der Waals surface area contributed by atoms with Gasteiger partial charge in [-0.15, -0.1) is 0 Å². The number of aromatic nitrogens is 4. The lowest BCUT2D eigenvalue weighted by Gasteiger charge is -2.36. The van der Waals surface area contributed by atoms with Crippen LogP contribution in [0.15, 0.2) is 30.6 Å². The van der Waals surface area contributed by atoms with Crippen LogP contribution in [0.2, 0.25) is 0 Å². The Morgan fingerprint density at radius 3 is 2.65 bits per heavy atom. The van der Waals surface area contributed by atoms with Crippen molar-refractivity contribution in [3.63, 3.8) is 0 Å². The number of fused-ring (bicyclic) bond motifs is 1. The number of anilines is 1. The summed E-state index contributed by atoms with van der Waals surface area (Å²) >= 11 is 0. The highest BCUT2D eigenvalue weighted by Gasteiger charge is 2.20. The second-order valence-corrected chi connectivity index (χ2v) is 8.89. The van der Waals surface area contributed by atoms with Gasteiger partial charge in [-0.05, 0) is 38.3 Å². The number of piperazine rings is 1. The van der Waals surface area contributed by atoms with Gasteiger partial charge in [-0.25, -0.2) is 9.97 Å². The maximum absolute atomic E-state index is 5.78. The fourth-order valence-electron chi connectivity index (χ4n) is 4.35. The molecule has 0 bridgehead atoms. The molecule has 1 unspecified atom stereocenters. The van der Waals surface area contributed by atoms with Crippen molar-refractivity contribution in [3.05, 3.63) is 30.6 Å². The fourth-order valence-corrected chi connectivity index (χ4v) is 4.35. The molecule has 7 nitrogen and oxygen atoms in total. The molecule has 0 aromatic carbocycles. The molecule has 1 fully saturated rings. The summed E-state index contributed by atoms with van der Waals surface area (Å²) in [6.45, 7) is 14.0. The van der Waals surface area contributed by atoms with E-state index >= 15 is 0 Å². The molecule has 0 saturated carbocycles. The minimum absolute atomic E-state index is 0.0801. The number of nitrogens with one attached hydrogen (secondary N) is 1. The monoisotopic (exact) mass is 422 g/mol. The Bertz CT molecular complexity index is 993. The topological polar surface area (TPSA) is 70.2 Å². The highest BCUT2D eigenvalue weighted by Crippen LogP contribution is 2.30. The third-order valence-corrected chi connectivity index (χ3v) is 5.85. The molecule has 1 saturated heterocycles. The van der Waals surface area contributed by atoms with Gasteiger partial charge in [0.15, 0.2) is 0 Å². The first-order chi connectivity index (χ1) is 15.0. The Morgan fingerprint density at radius 2 is 1.90 bits per heavy atom. The van der Waals surface area contributed by atoms with Crippen LogP contribution < -0.4 is 9.64 Å². The summed E-state index contributed by atoms with van der Waals surface area (Å²) in [5, 5.41) is 8.66. The van der Waals surface area contributed by atoms with Crippen LogP contribution >= 0.6 is 0 Å². The number of ether oxygens (including phenoxy) is 1. The van der Waals surface area contributed by atoms with E-state index in [0.29, 0.717) is 5.88 Å². The molecule has 1 atom stereocenters. The number of aromatic amines is 1. The molecular formula is C24H34N6O. The average molecular weight is 423 g/mol. The van der Waals surface area contributed by atoms with E-state index in [1.807, 2.05) is 32.2 Å². The number of H-pyrrole nitrogens is 1. The molecule has 3 aromatic rings. The smallest absolute Gasteiger partial charge is 0.214 e. The Hall–Kier alpha value is -2.67. The lowest BCUT2D eigenvalue weighted by Crippen LogP contribution is -2.47. The highest BCUT2D eigenvalue weighted by molar-refractivity contribution is 5.93. The first-order valence-corrected chi connectivity index (χ1v) is 11.5. The van der Waals surface area contributed by atoms with E-state index in [1.165, 1.54) is 19.4 Å². The van der Waals surface area contributed by atoms with Crippen LogP contribution in [0, 0.1) is 5.92 Å². The van der Waals surface area contributed by atoms with Gasteiger partial charge in [0.25, 0.3) is 0 Å². The zero-order valence-corrected chi connectivity index (χ0v) is 19.1. The standard InChI is InChI=1S/C24H34N6O/c1-5-6-18(4)16-29-9-11-30(12-10-29)22-13-19(7-8-25-22)24-20-14-23(31-17(2)3)26-15-21(20)27-28-24/h7-8,13-15,17-18H,5-6,9-12,16H2,1-4H3,(H,27,28). The molecule has 0 spiro atoms. The third-order valence-electron chi connectivity index (χ3n) is 5.85. The van der Waals surface area contributed by atoms with Crippen LogP contribution in [-0.4, -0.2) is 63.9 Å². The molecule has 166 valence electrons. The van der Waals surface area contributed by atoms with Crippen molar-refractivity contribution in [3.8, 4) is 17.1 Å². The van der Waals surface area contributed by atoms with Crippen LogP contribution in [0.5, 0.6) is 5.88 Å². The number of hydrogen-bond acceptors (Lipinski definition) is 6. The van der Waals surface area contributed by atoms with E-state index in [1.54, 1.807) is 6.20 Å². The third kappa shape index (κ3) is 5.15. The van der Waals surface area contributed by atoms with Gasteiger partial charge in [0, 0.05) is 55.9 Å². The van der Waals surface area contributed by atoms with E-state index in [4.69, 9.17) is 4.74 Å². The van der Waals surface area contributed by atoms with E-state index in [0.717, 1.165) is 60.1 Å². The second-order valence-electron chi connectivity index (χ2n) is 8.89. The molecule has 4 rings (SSSR count). The molecule has 0 amide bonds. The van der Waals surface area contributed by atoms with Crippen molar-refractivity contribution >= 4 is 16.7 Å². The summed E-state index contributed by atoms with van der Waals surface area (Å²) in [5.74, 6) is 2.40. The number of hydrogen-bond donors (Lipinski definition) is 1. The van der Waals surface area contributed by atoms with Crippen molar-refractivity contribution in [2.45, 2.75) is 46.6 Å². The van der Waals surface area contributed by atoms with Crippen molar-refractivity contribution in [1.29, 1.82) is 0 Å². The van der Waals surface area contributed by atoms with Crippen LogP contribution in [0.3, 0.4) is 0 Å². The Kier molecular flexibility index (Phi) is 6.70. The average Bonchev–Trinajstić information content (AvgIpc) is 3.17. The maximum Gasteiger partial charge on any atom is 0.214 e. The predicted molar refractivity (Wildman–Crippen MR) is 126 cm³/mol. The molecule has 7 heteroatoms. The van der Waals surface area contributed by atoms with E-state index in [2.05, 4.69) is 49.9 Å². The quantitative estimate of drug-likeness (QED) is 0.581. The van der Waals surface area contributed by atoms with Crippen LogP contribution in [0.1, 0.15) is 40.5 Å². The molecule has 1 aliphatic rings. The summed E-state index contributed by atoms with van der Waals surface area (Å²) in [5.41, 5.74) is 2.86. The van der Waals surface area contributed by atoms with Gasteiger partial charge in [0.05, 0.1) is 17.8 Å². The van der Waals surface area contributed by atoms with Gasteiger partial charge >= 0.3 is 0 Å². The van der Waals surface area contributed by atoms with Gasteiger partial charge in [0.1, 0.15) is 11.5 Å². The zero-order chi connectivity index (χ0) is 21.8. The lowest BCUT2D eigenvalue weighted by molar-refractivity contribution is 0.219. The maximum atomic E-state index is 5.78. The van der Waals surface area contributed by atoms with Gasteiger partial charge in [0.2, 0.25) is 5.88 Å². The lowest BCUT2D eigenvalue weighted by atomic mass is 10.1. The predicted octanol–water partition coefficient (Wildman–Crippen LogP) is 4.37. The normalized spacial score (nSPS) is 16.2. The summed E-state index contributed by atoms with van der Waals surface area (Å²) in [7, 11) is 0. The van der Waals surface area contributed by atoms with Crippen LogP contribution in [0.4, 0.5) is 5.82 Å². The van der Waals surface area contributed by atoms with Crippen molar-refractivity contribution in [1.82, 2.24) is 25.1 Å². The molecule has 1 N–H and O–H groups in total. The first-order valence-electron chi connectivity index (χ1n) is 11.5. The molecular weight excluding hydrogens is 388 g/mol. The molecule has 0 aliphatic carbocycles. The van der Waals surface area contributed by atoms with Crippen molar-refractivity contribution in [2.75, 3.05) is 37.6 Å². The largest absolute Gasteiger partial charge is 0.475 e. The number of nitrogens with zero attached hydrogens (tertiary/aromatic N) is 5. The highest BCUT2D eigenvalue weighted by atomic mass is 16.5. The van der Waals surface area contributed by atoms with Crippen LogP contribution in [0.25, 0.3) is 22.2 Å². The molecule has 3 aromatic heterocycles. The zero-order valence-electron chi connectivity index (χ0n) is 19.1. The summed E-state index contributed by atoms with van der Waals surface area (Å²) < 4.78 is 5.78. The van der Waals surface area contributed by atoms with Gasteiger partial charge < -0.3 is 9.64 Å². The molecule has 0 radical (unpaired) electrons. The minimum atomic E-state index is 0.0801. The Balaban J connectivity index is 1.49. The van der Waals surface area contributed by atoms with Gasteiger partial charge in [-0.1, -0.05) is 20.3 Å². The van der Waals surface area contributed by atoms with Crippen LogP contribution in [-0.2, 0) is 0 Å². The Morgan fingerprint density at radius 1 is 1.10 bits per heavy atom. The SMILES string of the molecule is CCCC(C)CN1CCN(c2cc(-c3n[nH]c4cnc(OC(C)C)cc34)ccn2)CC1. The molecule has 4 heterocycles. The summed E-state index contributed by atoms with van der Waals surface area (Å²) in [6, 6.07) is 6.13. The van der Waals surface area contributed by atoms with Gasteiger partial charge in [-0.3, -0.25) is 10.00 Å². The van der Waals surface area contributed by atoms with Crippen molar-refractivity contribution < 1.29 is 4.74 Å². The van der Waals surface area contributed by atoms with Crippen molar-refractivity contribution in [2.24, 2.45) is 5.92 Å². The number of rotatable bonds is 8. The Labute approximate surface area is 184 Å². The molecule has 31 heavy (non-hydrogen) atoms. The van der Waals surface area contributed by atoms with Gasteiger partial charge in [-0.2, -0.15) is 5.10 Å².